The topological polar surface area (TPSA) is 18.5 Å². The van der Waals surface area contributed by atoms with Gasteiger partial charge >= 0.3 is 0 Å². The summed E-state index contributed by atoms with van der Waals surface area (Å²) >= 11 is 0. The van der Waals surface area contributed by atoms with Gasteiger partial charge in [0.2, 0.25) is 0 Å². The Hall–Kier alpha value is -0.0800. The molecule has 0 unspecified atom stereocenters. The molecule has 2 heteroatoms. The summed E-state index contributed by atoms with van der Waals surface area (Å²) in [4.78, 5) is 0. The van der Waals surface area contributed by atoms with E-state index in [1.807, 2.05) is 0 Å². The minimum absolute atomic E-state index is 0.150. The number of hydrogen-bond donors (Lipinski definition) is 0. The third kappa shape index (κ3) is 11.3. The Balaban J connectivity index is 5.32. The Morgan fingerprint density at radius 2 is 0.680 bits per heavy atom. The van der Waals surface area contributed by atoms with Gasteiger partial charge in [0.05, 0.1) is 11.2 Å². The summed E-state index contributed by atoms with van der Waals surface area (Å²) in [5, 5.41) is 0. The van der Waals surface area contributed by atoms with Gasteiger partial charge in [0.1, 0.15) is 0 Å². The van der Waals surface area contributed by atoms with Crippen molar-refractivity contribution in [3.63, 3.8) is 0 Å². The van der Waals surface area contributed by atoms with E-state index in [1.165, 1.54) is 0 Å². The lowest BCUT2D eigenvalue weighted by atomic mass is 9.85. The van der Waals surface area contributed by atoms with E-state index in [4.69, 9.17) is 9.47 Å². The van der Waals surface area contributed by atoms with Crippen LogP contribution in [0, 0.1) is 23.7 Å². The van der Waals surface area contributed by atoms with Gasteiger partial charge in [-0.1, -0.05) is 55.4 Å². The monoisotopic (exact) mass is 356 g/mol. The van der Waals surface area contributed by atoms with Crippen molar-refractivity contribution in [2.75, 3.05) is 0 Å². The van der Waals surface area contributed by atoms with Gasteiger partial charge in [0.15, 0.2) is 5.79 Å². The maximum atomic E-state index is 6.68. The Bertz CT molecular complexity index is 312. The highest BCUT2D eigenvalue weighted by Crippen LogP contribution is 2.38. The standard InChI is InChI=1S/C23H48O2/c1-17(2)13-22(11,14-18(3)4)24-21(9,10)25-23(12,15-19(5)6)16-20(7)8/h17-20H,13-16H2,1-12H3. The zero-order chi connectivity index (χ0) is 20.1. The first-order valence-corrected chi connectivity index (χ1v) is 10.5. The second kappa shape index (κ2) is 9.74. The van der Waals surface area contributed by atoms with E-state index in [0.717, 1.165) is 25.7 Å². The summed E-state index contributed by atoms with van der Waals surface area (Å²) in [6.07, 6.45) is 4.23. The molecule has 0 radical (unpaired) electrons. The third-order valence-electron chi connectivity index (χ3n) is 4.34. The zero-order valence-electron chi connectivity index (χ0n) is 19.5. The molecule has 152 valence electrons. The molecule has 0 saturated carbocycles. The predicted molar refractivity (Wildman–Crippen MR) is 111 cm³/mol. The van der Waals surface area contributed by atoms with Crippen molar-refractivity contribution >= 4 is 0 Å². The highest BCUT2D eigenvalue weighted by atomic mass is 16.7. The van der Waals surface area contributed by atoms with Crippen LogP contribution < -0.4 is 0 Å². The number of hydrogen-bond acceptors (Lipinski definition) is 2. The van der Waals surface area contributed by atoms with Crippen LogP contribution in [0.15, 0.2) is 0 Å². The van der Waals surface area contributed by atoms with Gasteiger partial charge in [0.25, 0.3) is 0 Å². The predicted octanol–water partition coefficient (Wildman–Crippen LogP) is 7.46. The molecule has 0 aromatic heterocycles. The largest absolute Gasteiger partial charge is 0.344 e. The summed E-state index contributed by atoms with van der Waals surface area (Å²) in [7, 11) is 0. The fourth-order valence-electron chi connectivity index (χ4n) is 5.00. The zero-order valence-corrected chi connectivity index (χ0v) is 19.5. The Kier molecular flexibility index (Phi) is 9.71. The fourth-order valence-corrected chi connectivity index (χ4v) is 5.00. The lowest BCUT2D eigenvalue weighted by Gasteiger charge is -2.45. The van der Waals surface area contributed by atoms with Crippen LogP contribution in [0.3, 0.4) is 0 Å². The molecule has 0 saturated heterocycles. The van der Waals surface area contributed by atoms with Crippen LogP contribution in [-0.2, 0) is 9.47 Å². The fraction of sp³-hybridized carbons (Fsp3) is 1.00. The van der Waals surface area contributed by atoms with Crippen LogP contribution >= 0.6 is 0 Å². The third-order valence-corrected chi connectivity index (χ3v) is 4.34. The number of rotatable bonds is 12. The van der Waals surface area contributed by atoms with Crippen molar-refractivity contribution in [2.24, 2.45) is 23.7 Å². The van der Waals surface area contributed by atoms with Crippen LogP contribution in [-0.4, -0.2) is 17.0 Å². The van der Waals surface area contributed by atoms with Crippen LogP contribution in [0.25, 0.3) is 0 Å². The lowest BCUT2D eigenvalue weighted by Crippen LogP contribution is -2.48. The molecule has 0 rings (SSSR count). The van der Waals surface area contributed by atoms with E-state index in [-0.39, 0.29) is 11.2 Å². The Labute approximate surface area is 159 Å². The van der Waals surface area contributed by atoms with Crippen molar-refractivity contribution < 1.29 is 9.47 Å². The molecule has 0 N–H and O–H groups in total. The molecule has 0 spiro atoms. The summed E-state index contributed by atoms with van der Waals surface area (Å²) in [5.41, 5.74) is -0.301. The molecule has 0 aliphatic heterocycles. The van der Waals surface area contributed by atoms with Crippen molar-refractivity contribution in [3.8, 4) is 0 Å². The molecule has 0 aromatic rings. The molecule has 0 fully saturated rings. The second-order valence-electron chi connectivity index (χ2n) is 10.9. The normalized spacial score (nSPS) is 14.4. The smallest absolute Gasteiger partial charge is 0.164 e. The van der Waals surface area contributed by atoms with Crippen LogP contribution in [0.1, 0.15) is 109 Å². The molecule has 2 nitrogen and oxygen atoms in total. The van der Waals surface area contributed by atoms with Gasteiger partial charge in [-0.25, -0.2) is 0 Å². The van der Waals surface area contributed by atoms with E-state index in [1.54, 1.807) is 0 Å². The van der Waals surface area contributed by atoms with Crippen LogP contribution in [0.4, 0.5) is 0 Å². The van der Waals surface area contributed by atoms with Gasteiger partial charge in [0, 0.05) is 0 Å². The minimum Gasteiger partial charge on any atom is -0.344 e. The van der Waals surface area contributed by atoms with E-state index < -0.39 is 5.79 Å². The molecule has 0 bridgehead atoms. The molecule has 0 aliphatic rings. The maximum Gasteiger partial charge on any atom is 0.164 e. The van der Waals surface area contributed by atoms with Crippen molar-refractivity contribution in [2.45, 2.75) is 126 Å². The van der Waals surface area contributed by atoms with Crippen molar-refractivity contribution in [1.82, 2.24) is 0 Å². The van der Waals surface area contributed by atoms with Crippen LogP contribution in [0.2, 0.25) is 0 Å². The number of ether oxygens (including phenoxy) is 2. The molecule has 25 heavy (non-hydrogen) atoms. The Morgan fingerprint density at radius 1 is 0.480 bits per heavy atom. The highest BCUT2D eigenvalue weighted by molar-refractivity contribution is 4.84. The van der Waals surface area contributed by atoms with E-state index in [2.05, 4.69) is 83.1 Å². The average molecular weight is 357 g/mol. The SMILES string of the molecule is CC(C)CC(C)(CC(C)C)OC(C)(C)OC(C)(CC(C)C)CC(C)C. The molecule has 0 aromatic carbocycles. The first kappa shape index (κ1) is 24.9. The summed E-state index contributed by atoms with van der Waals surface area (Å²) < 4.78 is 13.4. The quantitative estimate of drug-likeness (QED) is 0.338. The van der Waals surface area contributed by atoms with E-state index in [9.17, 15) is 0 Å². The maximum absolute atomic E-state index is 6.68. The van der Waals surface area contributed by atoms with Crippen molar-refractivity contribution in [3.05, 3.63) is 0 Å². The second-order valence-corrected chi connectivity index (χ2v) is 10.9. The molecule has 0 amide bonds. The van der Waals surface area contributed by atoms with Gasteiger partial charge in [-0.2, -0.15) is 0 Å². The molecule has 0 aliphatic carbocycles. The Morgan fingerprint density at radius 3 is 0.840 bits per heavy atom. The molecular weight excluding hydrogens is 308 g/mol. The highest BCUT2D eigenvalue weighted by Gasteiger charge is 2.40. The molecular formula is C23H48O2. The van der Waals surface area contributed by atoms with Gasteiger partial charge in [-0.3, -0.25) is 0 Å². The van der Waals surface area contributed by atoms with E-state index >= 15 is 0 Å². The van der Waals surface area contributed by atoms with Crippen LogP contribution in [0.5, 0.6) is 0 Å². The molecule has 0 heterocycles. The summed E-state index contributed by atoms with van der Waals surface area (Å²) in [6.45, 7) is 26.9. The first-order valence-electron chi connectivity index (χ1n) is 10.5. The summed E-state index contributed by atoms with van der Waals surface area (Å²) in [6, 6.07) is 0. The van der Waals surface area contributed by atoms with Gasteiger partial charge < -0.3 is 9.47 Å². The molecule has 0 atom stereocenters. The first-order chi connectivity index (χ1) is 11.1. The van der Waals surface area contributed by atoms with Gasteiger partial charge in [-0.05, 0) is 77.0 Å². The lowest BCUT2D eigenvalue weighted by molar-refractivity contribution is -0.314. The summed E-state index contributed by atoms with van der Waals surface area (Å²) in [5.74, 6) is 1.85. The van der Waals surface area contributed by atoms with E-state index in [0.29, 0.717) is 23.7 Å². The minimum atomic E-state index is -0.586. The van der Waals surface area contributed by atoms with Gasteiger partial charge in [-0.15, -0.1) is 0 Å². The average Bonchev–Trinajstić information content (AvgIpc) is 2.18. The van der Waals surface area contributed by atoms with Crippen molar-refractivity contribution in [1.29, 1.82) is 0 Å².